The van der Waals surface area contributed by atoms with E-state index >= 15 is 0 Å². The van der Waals surface area contributed by atoms with Gasteiger partial charge < -0.3 is 0 Å². The predicted octanol–water partition coefficient (Wildman–Crippen LogP) is -1.93. The zero-order valence-electron chi connectivity index (χ0n) is 30.7. The van der Waals surface area contributed by atoms with Crippen molar-refractivity contribution in [3.63, 3.8) is 0 Å². The summed E-state index contributed by atoms with van der Waals surface area (Å²) in [5.74, 6) is -1.90. The minimum Gasteiger partial charge on any atom is -0.286 e. The van der Waals surface area contributed by atoms with E-state index in [0.717, 1.165) is 0 Å². The zero-order chi connectivity index (χ0) is 39.7. The topological polar surface area (TPSA) is 314 Å². The Bertz CT molecular complexity index is 1950. The van der Waals surface area contributed by atoms with Gasteiger partial charge in [-0.25, -0.2) is 0 Å². The van der Waals surface area contributed by atoms with Crippen molar-refractivity contribution in [2.24, 2.45) is 47.3 Å². The molecule has 5 saturated heterocycles. The Balaban J connectivity index is 1.10. The van der Waals surface area contributed by atoms with Gasteiger partial charge in [0.05, 0.1) is 70.3 Å². The van der Waals surface area contributed by atoms with Gasteiger partial charge in [0.2, 0.25) is 0 Å². The van der Waals surface area contributed by atoms with Crippen molar-refractivity contribution >= 4 is 40.5 Å². The van der Waals surface area contributed by atoms with Crippen LogP contribution in [0.3, 0.4) is 0 Å². The molecule has 0 aromatic carbocycles. The van der Waals surface area contributed by atoms with Crippen LogP contribution < -0.4 is 42.5 Å². The van der Waals surface area contributed by atoms with Crippen LogP contribution in [0.5, 0.6) is 0 Å². The van der Waals surface area contributed by atoms with Crippen LogP contribution in [-0.2, 0) is 40.5 Å². The van der Waals surface area contributed by atoms with Crippen molar-refractivity contribution in [3.8, 4) is 0 Å². The van der Waals surface area contributed by atoms with Gasteiger partial charge in [-0.05, 0) is 112 Å². The minimum atomic E-state index is -4.46. The quantitative estimate of drug-likeness (QED) is 0.137. The second-order valence-corrected chi connectivity index (χ2v) is 24.9. The molecule has 12 N–H and O–H groups in total. The smallest absolute Gasteiger partial charge is 0.268 e. The summed E-state index contributed by atoms with van der Waals surface area (Å²) in [5.41, 5.74) is 0. The molecule has 5 heterocycles. The molecule has 5 aliphatic heterocycles. The first-order valence-corrected chi connectivity index (χ1v) is 26.2. The summed E-state index contributed by atoms with van der Waals surface area (Å²) >= 11 is 0. The van der Waals surface area contributed by atoms with Crippen LogP contribution >= 0.6 is 0 Å². The highest BCUT2D eigenvalue weighted by Gasteiger charge is 2.59. The van der Waals surface area contributed by atoms with E-state index in [-0.39, 0.29) is 98.7 Å². The normalized spacial score (nSPS) is 51.1. The Morgan fingerprint density at radius 1 is 0.321 bits per heavy atom. The summed E-state index contributed by atoms with van der Waals surface area (Å²) in [6.45, 7) is 0. The highest BCUT2D eigenvalue weighted by molar-refractivity contribution is 7.87. The van der Waals surface area contributed by atoms with Crippen molar-refractivity contribution in [1.82, 2.24) is 42.5 Å². The molecular formula is C32H56N8O12S4. The van der Waals surface area contributed by atoms with E-state index in [1.165, 1.54) is 0 Å². The summed E-state index contributed by atoms with van der Waals surface area (Å²) in [5, 5.41) is 25.5. The summed E-state index contributed by atoms with van der Waals surface area (Å²) in [6.07, 6.45) is 0.581. The first kappa shape index (κ1) is 40.7. The van der Waals surface area contributed by atoms with Crippen LogP contribution in [0.1, 0.15) is 77.0 Å². The third-order valence-electron chi connectivity index (χ3n) is 15.6. The van der Waals surface area contributed by atoms with E-state index in [2.05, 4.69) is 42.5 Å². The van der Waals surface area contributed by atoms with Crippen LogP contribution in [0.2, 0.25) is 0 Å². The predicted molar refractivity (Wildman–Crippen MR) is 200 cm³/mol. The minimum absolute atomic E-state index is 0.0907. The molecule has 0 spiro atoms. The van der Waals surface area contributed by atoms with Crippen molar-refractivity contribution in [2.45, 2.75) is 147 Å². The highest BCUT2D eigenvalue weighted by atomic mass is 32.2. The molecule has 0 amide bonds. The average molecular weight is 873 g/mol. The van der Waals surface area contributed by atoms with Crippen LogP contribution in [-0.4, -0.2) is 122 Å². The fourth-order valence-electron chi connectivity index (χ4n) is 13.1. The Morgan fingerprint density at radius 2 is 0.625 bits per heavy atom. The molecule has 8 bridgehead atoms. The molecule has 0 radical (unpaired) electrons. The van der Waals surface area contributed by atoms with Crippen molar-refractivity contribution < 1.29 is 51.9 Å². The van der Waals surface area contributed by atoms with Gasteiger partial charge in [0, 0.05) is 5.92 Å². The molecule has 56 heavy (non-hydrogen) atoms. The molecule has 0 aromatic rings. The maximum absolute atomic E-state index is 12.9. The van der Waals surface area contributed by atoms with Gasteiger partial charge >= 0.3 is 0 Å². The lowest BCUT2D eigenvalue weighted by Crippen LogP contribution is -2.62. The van der Waals surface area contributed by atoms with E-state index in [1.54, 1.807) is 0 Å². The first-order valence-electron chi connectivity index (χ1n) is 20.2. The molecule has 320 valence electrons. The Morgan fingerprint density at radius 3 is 0.946 bits per heavy atom. The van der Waals surface area contributed by atoms with Crippen molar-refractivity contribution in [1.29, 1.82) is 0 Å². The summed E-state index contributed by atoms with van der Waals surface area (Å²) in [4.78, 5) is 0. The van der Waals surface area contributed by atoms with E-state index in [0.29, 0.717) is 32.1 Å². The van der Waals surface area contributed by atoms with Gasteiger partial charge in [-0.1, -0.05) is 6.42 Å². The molecule has 24 heteroatoms. The largest absolute Gasteiger partial charge is 0.286 e. The van der Waals surface area contributed by atoms with E-state index in [1.807, 2.05) is 0 Å². The van der Waals surface area contributed by atoms with Gasteiger partial charge in [-0.2, -0.15) is 33.7 Å². The standard InChI is InChI=1S/C32H56N8O12S4/c41-53(42,43)13-4-7-16-20(10-13)29-33-25(16)35-30-22-12-15(55(47,48)49)6-9-18(22)27(37-30)39-32-24-19(2-1-3-23(24)56(50,51)52)28(40-32)38-31-21-11-14(54(44,45)46)5-8-17(21)26(34-29)36-31/h13-40H,1-12H2,(H,41,42,43)(H,44,45,46)(H,47,48,49)(H,50,51,52). The Kier molecular flexibility index (Phi) is 10.5. The van der Waals surface area contributed by atoms with Crippen molar-refractivity contribution in [2.75, 3.05) is 0 Å². The van der Waals surface area contributed by atoms with Gasteiger partial charge in [0.25, 0.3) is 40.5 Å². The highest BCUT2D eigenvalue weighted by Crippen LogP contribution is 2.48. The second kappa shape index (κ2) is 14.5. The van der Waals surface area contributed by atoms with E-state index in [4.69, 9.17) is 0 Å². The molecule has 0 aromatic heterocycles. The van der Waals surface area contributed by atoms with E-state index in [9.17, 15) is 51.9 Å². The number of hydrogen-bond donors (Lipinski definition) is 12. The molecule has 20 nitrogen and oxygen atoms in total. The lowest BCUT2D eigenvalue weighted by atomic mass is 9.76. The lowest BCUT2D eigenvalue weighted by molar-refractivity contribution is 0.166. The monoisotopic (exact) mass is 872 g/mol. The molecule has 9 fully saturated rings. The summed E-state index contributed by atoms with van der Waals surface area (Å²) in [7, 11) is -17.4. The fraction of sp³-hybridized carbons (Fsp3) is 1.00. The van der Waals surface area contributed by atoms with Crippen LogP contribution in [0.4, 0.5) is 0 Å². The first-order chi connectivity index (χ1) is 26.2. The number of fused-ring (bicyclic) bond motifs is 20. The fourth-order valence-corrected chi connectivity index (χ4v) is 17.0. The number of nitrogens with one attached hydrogen (secondary N) is 8. The zero-order valence-corrected chi connectivity index (χ0v) is 34.0. The summed E-state index contributed by atoms with van der Waals surface area (Å²) < 4.78 is 142. The third kappa shape index (κ3) is 7.41. The SMILES string of the molecule is O=S(=O)(O)C1CCC2C3NC(NC4NC(NC5NC(NC6NC(N3)C3CC(S(=O)(=O)O)CCC63)C3C5CCCC3S(=O)(=O)O)C3CC(S(=O)(=O)O)CCC43)C2C1. The Labute approximate surface area is 328 Å². The van der Waals surface area contributed by atoms with Crippen LogP contribution in [0, 0.1) is 47.3 Å². The molecule has 9 aliphatic rings. The number of hydrogen-bond acceptors (Lipinski definition) is 16. The van der Waals surface area contributed by atoms with Crippen LogP contribution in [0.15, 0.2) is 0 Å². The number of rotatable bonds is 4. The molecule has 20 atom stereocenters. The maximum Gasteiger partial charge on any atom is 0.268 e. The van der Waals surface area contributed by atoms with Gasteiger partial charge in [-0.3, -0.25) is 60.7 Å². The van der Waals surface area contributed by atoms with Gasteiger partial charge in [0.15, 0.2) is 0 Å². The van der Waals surface area contributed by atoms with E-state index < -0.39 is 104 Å². The molecule has 9 rings (SSSR count). The molecule has 20 unspecified atom stereocenters. The molecule has 4 saturated carbocycles. The summed E-state index contributed by atoms with van der Waals surface area (Å²) in [6, 6.07) is 0. The molecule has 4 aliphatic carbocycles. The van der Waals surface area contributed by atoms with Gasteiger partial charge in [-0.15, -0.1) is 0 Å². The third-order valence-corrected chi connectivity index (χ3v) is 20.7. The van der Waals surface area contributed by atoms with Crippen molar-refractivity contribution in [3.05, 3.63) is 0 Å². The maximum atomic E-state index is 12.9. The lowest BCUT2D eigenvalue weighted by Gasteiger charge is -2.38. The Hall–Kier alpha value is -0.680. The molecular weight excluding hydrogens is 817 g/mol. The van der Waals surface area contributed by atoms with Gasteiger partial charge in [0.1, 0.15) is 0 Å². The average Bonchev–Trinajstić information content (AvgIpc) is 3.84. The second-order valence-electron chi connectivity index (χ2n) is 18.2. The van der Waals surface area contributed by atoms with Crippen LogP contribution in [0.25, 0.3) is 0 Å².